The molecule has 3 unspecified atom stereocenters. The first-order valence-corrected chi connectivity index (χ1v) is 42.2. The van der Waals surface area contributed by atoms with Gasteiger partial charge in [0.05, 0.1) is 69.5 Å². The maximum absolute atomic E-state index is 12.7. The molecule has 9 saturated carbocycles. The van der Waals surface area contributed by atoms with Gasteiger partial charge in [0.2, 0.25) is 0 Å². The minimum absolute atomic E-state index is 0.0137. The average Bonchev–Trinajstić information content (AvgIpc) is 0.847. The second-order valence-corrected chi connectivity index (χ2v) is 37.7. The molecule has 0 aromatic rings. The summed E-state index contributed by atoms with van der Waals surface area (Å²) in [7, 11) is 0. The van der Waals surface area contributed by atoms with E-state index in [4.69, 9.17) is 42.6 Å². The van der Waals surface area contributed by atoms with Crippen molar-refractivity contribution in [3.8, 4) is 0 Å². The van der Waals surface area contributed by atoms with Gasteiger partial charge in [0, 0.05) is 80.0 Å². The number of allylic oxidation sites excluding steroid dienone is 3. The van der Waals surface area contributed by atoms with Crippen molar-refractivity contribution in [2.75, 3.05) is 92.0 Å². The predicted molar refractivity (Wildman–Crippen MR) is 391 cm³/mol. The fourth-order valence-electron chi connectivity index (χ4n) is 25.6. The summed E-state index contributed by atoms with van der Waals surface area (Å²) in [6, 6.07) is 0. The standard InChI is InChI=1S/2C29H46F3NO3.C27H45NO3/c2*1-20-8-9-24-27(2,14-10-25-28(24,3)19-35-26(36-25)21-6-4-5-7-21)23(20)13-17-34-22-11-15-33(16-12-22)18-29(30,31)32;1-19-8-9-23-26(2,22(19)13-17-29-21-11-15-28-16-12-21)14-10-24-27(23,3)18-30-25(31-24)20-6-4-5-7-20/h2*21-26H,1,4-19H2,2-3H3;20-25,28H,1,4-18H2,2-3H3/t2*23-,24?,25-,26-,27+,28+;22-,23?,24-,25-,26+,27+/m111/s1. The number of alkyl halides is 6. The van der Waals surface area contributed by atoms with Gasteiger partial charge in [-0.2, -0.15) is 26.3 Å². The Kier molecular flexibility index (Phi) is 25.7. The van der Waals surface area contributed by atoms with E-state index in [-0.39, 0.29) is 70.4 Å². The summed E-state index contributed by atoms with van der Waals surface area (Å²) in [4.78, 5) is 3.00. The molecule has 0 amide bonds. The maximum Gasteiger partial charge on any atom is 0.401 e. The van der Waals surface area contributed by atoms with Crippen LogP contribution in [-0.2, 0) is 42.6 Å². The van der Waals surface area contributed by atoms with Crippen molar-refractivity contribution in [2.24, 2.45) is 85.8 Å². The zero-order valence-electron chi connectivity index (χ0n) is 64.6. The molecule has 6 heterocycles. The SMILES string of the molecule is C=C1CCC2[C@]3(C)CO[C@@H](C4CCCC4)O[C@@H]3CC[C@@]2(C)[C@@H]1CCOC1CCN(CC(F)(F)F)CC1.C=C1CCC2[C@]3(C)CO[C@@H](C4CCCC4)O[C@@H]3CC[C@@]2(C)[C@@H]1CCOC1CCN(CC(F)(F)F)CC1.C=C1CCC2[C@]3(C)CO[C@@H](C4CCCC4)O[C@@H]3CC[C@@]2(C)[C@@H]1CCOC1CCNCC1. The quantitative estimate of drug-likeness (QED) is 0.111. The highest BCUT2D eigenvalue weighted by Gasteiger charge is 2.64. The lowest BCUT2D eigenvalue weighted by Gasteiger charge is -2.63. The molecule has 18 atom stereocenters. The Hall–Kier alpha value is -1.68. The monoisotopic (exact) mass is 1460 g/mol. The Balaban J connectivity index is 0.000000138. The fraction of sp³-hybridized carbons (Fsp3) is 0.929. The van der Waals surface area contributed by atoms with Gasteiger partial charge in [-0.3, -0.25) is 9.80 Å². The number of likely N-dealkylation sites (tertiary alicyclic amines) is 2. The Bertz CT molecular complexity index is 2650. The summed E-state index contributed by atoms with van der Waals surface area (Å²) in [5.74, 6) is 4.88. The topological polar surface area (TPSA) is 102 Å². The molecule has 15 fully saturated rings. The molecule has 6 aliphatic heterocycles. The largest absolute Gasteiger partial charge is 0.401 e. The van der Waals surface area contributed by atoms with E-state index in [0.717, 1.165) is 129 Å². The van der Waals surface area contributed by atoms with Crippen LogP contribution in [0.15, 0.2) is 36.5 Å². The molecular weight excluding hydrogens is 1320 g/mol. The van der Waals surface area contributed by atoms with Gasteiger partial charge in [0.25, 0.3) is 0 Å². The zero-order chi connectivity index (χ0) is 72.6. The smallest absolute Gasteiger partial charge is 0.378 e. The third-order valence-electron chi connectivity index (χ3n) is 31.3. The van der Waals surface area contributed by atoms with Crippen molar-refractivity contribution >= 4 is 0 Å². The number of rotatable bonds is 17. The molecule has 0 bridgehead atoms. The number of halogens is 6. The predicted octanol–water partition coefficient (Wildman–Crippen LogP) is 18.9. The number of nitrogens with zero attached hydrogens (tertiary/aromatic N) is 2. The van der Waals surface area contributed by atoms with Crippen LogP contribution in [0.3, 0.4) is 0 Å². The van der Waals surface area contributed by atoms with Gasteiger partial charge < -0.3 is 47.9 Å². The van der Waals surface area contributed by atoms with E-state index in [0.29, 0.717) is 136 Å². The molecular formula is C85H137F6N3O9. The van der Waals surface area contributed by atoms with Crippen molar-refractivity contribution in [3.05, 3.63) is 36.5 Å². The molecule has 15 rings (SSSR count). The van der Waals surface area contributed by atoms with Gasteiger partial charge in [-0.1, -0.05) is 117 Å². The van der Waals surface area contributed by atoms with Crippen molar-refractivity contribution in [1.29, 1.82) is 0 Å². The lowest BCUT2D eigenvalue weighted by Crippen LogP contribution is -2.62. The highest BCUT2D eigenvalue weighted by Crippen LogP contribution is 2.67. The summed E-state index contributed by atoms with van der Waals surface area (Å²) in [5.41, 5.74) is 4.99. The molecule has 15 aliphatic rings. The van der Waals surface area contributed by atoms with Crippen LogP contribution in [0, 0.1) is 85.8 Å². The third-order valence-corrected chi connectivity index (χ3v) is 31.3. The van der Waals surface area contributed by atoms with Crippen LogP contribution in [0.4, 0.5) is 26.3 Å². The van der Waals surface area contributed by atoms with E-state index >= 15 is 0 Å². The summed E-state index contributed by atoms with van der Waals surface area (Å²) >= 11 is 0. The third kappa shape index (κ3) is 17.7. The molecule has 6 saturated heterocycles. The first-order chi connectivity index (χ1) is 49.2. The highest BCUT2D eigenvalue weighted by atomic mass is 19.4. The van der Waals surface area contributed by atoms with Crippen molar-refractivity contribution in [2.45, 2.75) is 321 Å². The van der Waals surface area contributed by atoms with Gasteiger partial charge >= 0.3 is 12.4 Å². The van der Waals surface area contributed by atoms with Gasteiger partial charge in [0.1, 0.15) is 0 Å². The summed E-state index contributed by atoms with van der Waals surface area (Å²) in [6.45, 7) is 35.4. The molecule has 0 aromatic heterocycles. The number of ether oxygens (including phenoxy) is 9. The van der Waals surface area contributed by atoms with Crippen LogP contribution in [0.5, 0.6) is 0 Å². The molecule has 0 aromatic carbocycles. The molecule has 0 radical (unpaired) electrons. The average molecular weight is 1460 g/mol. The summed E-state index contributed by atoms with van der Waals surface area (Å²) in [5, 5.41) is 3.44. The van der Waals surface area contributed by atoms with Crippen molar-refractivity contribution in [3.63, 3.8) is 0 Å². The first-order valence-electron chi connectivity index (χ1n) is 42.2. The van der Waals surface area contributed by atoms with Crippen LogP contribution >= 0.6 is 0 Å². The normalized spacial score (nSPS) is 42.3. The molecule has 103 heavy (non-hydrogen) atoms. The Morgan fingerprint density at radius 3 is 0.951 bits per heavy atom. The fourth-order valence-corrected chi connectivity index (χ4v) is 25.6. The number of nitrogens with one attached hydrogen (secondary N) is 1. The van der Waals surface area contributed by atoms with Gasteiger partial charge in [-0.15, -0.1) is 0 Å². The lowest BCUT2D eigenvalue weighted by atomic mass is 9.46. The zero-order valence-corrected chi connectivity index (χ0v) is 64.6. The second kappa shape index (κ2) is 33.3. The summed E-state index contributed by atoms with van der Waals surface area (Å²) in [6.07, 6.45) is 30.4. The second-order valence-electron chi connectivity index (χ2n) is 37.7. The molecule has 12 nitrogen and oxygen atoms in total. The summed E-state index contributed by atoms with van der Waals surface area (Å²) < 4.78 is 134. The van der Waals surface area contributed by atoms with E-state index in [9.17, 15) is 26.3 Å². The van der Waals surface area contributed by atoms with Crippen LogP contribution in [0.2, 0.25) is 0 Å². The number of hydrogen-bond acceptors (Lipinski definition) is 12. The van der Waals surface area contributed by atoms with Gasteiger partial charge in [-0.25, -0.2) is 0 Å². The molecule has 0 spiro atoms. The van der Waals surface area contributed by atoms with E-state index in [2.05, 4.69) is 66.6 Å². The molecule has 1 N–H and O–H groups in total. The van der Waals surface area contributed by atoms with E-state index in [1.165, 1.54) is 123 Å². The molecule has 588 valence electrons. The minimum atomic E-state index is -4.12. The van der Waals surface area contributed by atoms with Crippen LogP contribution in [0.1, 0.15) is 253 Å². The number of piperidine rings is 3. The Labute approximate surface area is 616 Å². The molecule has 9 aliphatic carbocycles. The van der Waals surface area contributed by atoms with E-state index in [1.807, 2.05) is 0 Å². The Morgan fingerprint density at radius 2 is 0.670 bits per heavy atom. The number of fused-ring (bicyclic) bond motifs is 9. The van der Waals surface area contributed by atoms with Crippen molar-refractivity contribution in [1.82, 2.24) is 15.1 Å². The maximum atomic E-state index is 12.7. The minimum Gasteiger partial charge on any atom is -0.378 e. The van der Waals surface area contributed by atoms with Gasteiger partial charge in [0.15, 0.2) is 18.9 Å². The lowest BCUT2D eigenvalue weighted by molar-refractivity contribution is -0.316. The van der Waals surface area contributed by atoms with E-state index < -0.39 is 25.4 Å². The number of hydrogen-bond donors (Lipinski definition) is 1. The van der Waals surface area contributed by atoms with Gasteiger partial charge in [-0.05, 0) is 238 Å². The first kappa shape index (κ1) is 79.4. The van der Waals surface area contributed by atoms with Crippen LogP contribution < -0.4 is 5.32 Å². The highest BCUT2D eigenvalue weighted by molar-refractivity contribution is 5.21. The van der Waals surface area contributed by atoms with E-state index in [1.54, 1.807) is 0 Å². The van der Waals surface area contributed by atoms with Crippen LogP contribution in [-0.4, -0.2) is 170 Å². The molecule has 18 heteroatoms. The Morgan fingerprint density at radius 1 is 0.388 bits per heavy atom. The van der Waals surface area contributed by atoms with Crippen LogP contribution in [0.25, 0.3) is 0 Å². The van der Waals surface area contributed by atoms with Crippen molar-refractivity contribution < 1.29 is 69.0 Å².